The zero-order valence-electron chi connectivity index (χ0n) is 33.9. The summed E-state index contributed by atoms with van der Waals surface area (Å²) < 4.78 is 10.2. The fraction of sp³-hybridized carbons (Fsp3) is 0.476. The summed E-state index contributed by atoms with van der Waals surface area (Å²) in [6.45, 7) is 10.3. The summed E-state index contributed by atoms with van der Waals surface area (Å²) in [5.41, 5.74) is 5.21. The summed E-state index contributed by atoms with van der Waals surface area (Å²) in [5, 5.41) is 14.8. The van der Waals surface area contributed by atoms with Crippen LogP contribution in [0.5, 0.6) is 0 Å². The van der Waals surface area contributed by atoms with Gasteiger partial charge in [-0.25, -0.2) is 19.6 Å². The summed E-state index contributed by atoms with van der Waals surface area (Å²) in [4.78, 5) is 70.7. The number of ether oxygens (including phenoxy) is 2. The second-order valence-electron chi connectivity index (χ2n) is 15.9. The molecular formula is C42H53ClN8O7. The van der Waals surface area contributed by atoms with E-state index in [0.29, 0.717) is 36.9 Å². The van der Waals surface area contributed by atoms with Gasteiger partial charge in [-0.2, -0.15) is 0 Å². The van der Waals surface area contributed by atoms with Crippen LogP contribution in [-0.4, -0.2) is 104 Å². The minimum absolute atomic E-state index is 0.0155. The number of carbonyl (C=O) groups is 4. The Hall–Kier alpha value is -5.41. The van der Waals surface area contributed by atoms with Crippen molar-refractivity contribution in [3.8, 4) is 33.6 Å². The molecule has 4 aromatic rings. The third kappa shape index (κ3) is 9.00. The number of nitrogens with one attached hydrogen (secondary N) is 4. The highest BCUT2D eigenvalue weighted by Crippen LogP contribution is 2.39. The number of imidazole rings is 2. The molecule has 2 aliphatic rings. The number of hydrogen-bond acceptors (Lipinski definition) is 8. The van der Waals surface area contributed by atoms with Gasteiger partial charge in [-0.15, -0.1) is 0 Å². The average molecular weight is 817 g/mol. The summed E-state index contributed by atoms with van der Waals surface area (Å²) in [5.74, 6) is 0.417. The van der Waals surface area contributed by atoms with Crippen molar-refractivity contribution >= 4 is 35.6 Å². The number of methoxy groups -OCH3 is 2. The lowest BCUT2D eigenvalue weighted by Gasteiger charge is -2.32. The lowest BCUT2D eigenvalue weighted by atomic mass is 10.0. The standard InChI is InChI=1S/C42H53ClN8O7/c1-22(2)33(47-41(54)55)39(52)50-20-25(21-57-6)18-32(50)38-46-35(36(43)49-38)29-15-11-27(12-16-29)26-9-13-28(14-10-26)30-19-44-37(45-30)31-17-8-24(5)51(31)40(53)34(23(3)4)48-42(56)58-7/h9-16,19,22-25,31-34,47H,8,17-18,20-21H2,1-7H3,(H,44,45)(H,46,49)(H,48,56)(H,54,55)/t24?,25-,31-,32-,33-,34+/m0/s1. The molecule has 2 aromatic heterocycles. The molecule has 6 rings (SSSR count). The Balaban J connectivity index is 1.16. The van der Waals surface area contributed by atoms with Crippen LogP contribution in [0, 0.1) is 17.8 Å². The maximum atomic E-state index is 13.8. The Morgan fingerprint density at radius 3 is 2.03 bits per heavy atom. The predicted octanol–water partition coefficient (Wildman–Crippen LogP) is 7.05. The van der Waals surface area contributed by atoms with Crippen molar-refractivity contribution in [1.29, 1.82) is 0 Å². The van der Waals surface area contributed by atoms with Gasteiger partial charge in [0, 0.05) is 31.2 Å². The minimum Gasteiger partial charge on any atom is -0.465 e. The molecule has 2 fully saturated rings. The van der Waals surface area contributed by atoms with Crippen molar-refractivity contribution in [2.45, 2.75) is 84.1 Å². The van der Waals surface area contributed by atoms with Crippen molar-refractivity contribution in [1.82, 2.24) is 40.4 Å². The lowest BCUT2D eigenvalue weighted by molar-refractivity contribution is -0.137. The molecule has 0 aliphatic carbocycles. The third-order valence-corrected chi connectivity index (χ3v) is 11.5. The summed E-state index contributed by atoms with van der Waals surface area (Å²) >= 11 is 6.71. The van der Waals surface area contributed by atoms with Gasteiger partial charge in [0.2, 0.25) is 11.8 Å². The van der Waals surface area contributed by atoms with E-state index in [0.717, 1.165) is 40.8 Å². The first-order valence-electron chi connectivity index (χ1n) is 19.7. The molecule has 0 radical (unpaired) electrons. The van der Waals surface area contributed by atoms with Crippen LogP contribution in [0.1, 0.15) is 77.6 Å². The molecule has 2 saturated heterocycles. The monoisotopic (exact) mass is 816 g/mol. The molecule has 16 heteroatoms. The topological polar surface area (TPSA) is 195 Å². The predicted molar refractivity (Wildman–Crippen MR) is 219 cm³/mol. The fourth-order valence-corrected chi connectivity index (χ4v) is 8.38. The van der Waals surface area contributed by atoms with Crippen LogP contribution in [0.15, 0.2) is 54.7 Å². The van der Waals surface area contributed by atoms with Crippen molar-refractivity contribution in [3.05, 3.63) is 71.5 Å². The highest BCUT2D eigenvalue weighted by molar-refractivity contribution is 6.31. The SMILES string of the molecule is COC[C@H]1C[C@@H](c2nc(Cl)c(-c3ccc(-c4ccc(-c5cnc([C@@H]6CCC(C)N6C(=O)[C@H](NC(=O)OC)C(C)C)[nH]5)cc4)cc3)[nH]2)N(C(=O)[C@@H](NC(=O)O)C(C)C)C1. The fourth-order valence-electron chi connectivity index (χ4n) is 8.13. The molecule has 0 bridgehead atoms. The minimum atomic E-state index is -1.25. The molecule has 6 atom stereocenters. The molecule has 5 N–H and O–H groups in total. The number of aromatic amines is 2. The number of H-pyrrole nitrogens is 2. The zero-order valence-corrected chi connectivity index (χ0v) is 34.7. The summed E-state index contributed by atoms with van der Waals surface area (Å²) in [6, 6.07) is 13.7. The molecule has 2 aliphatic heterocycles. The molecule has 58 heavy (non-hydrogen) atoms. The number of hydrogen-bond donors (Lipinski definition) is 5. The van der Waals surface area contributed by atoms with Crippen molar-refractivity contribution in [3.63, 3.8) is 0 Å². The van der Waals surface area contributed by atoms with Crippen molar-refractivity contribution in [2.24, 2.45) is 17.8 Å². The van der Waals surface area contributed by atoms with Gasteiger partial charge < -0.3 is 45.0 Å². The van der Waals surface area contributed by atoms with Gasteiger partial charge in [-0.3, -0.25) is 9.59 Å². The number of benzene rings is 2. The lowest BCUT2D eigenvalue weighted by Crippen LogP contribution is -2.52. The van der Waals surface area contributed by atoms with Gasteiger partial charge in [0.15, 0.2) is 5.15 Å². The van der Waals surface area contributed by atoms with Gasteiger partial charge in [0.1, 0.15) is 23.7 Å². The largest absolute Gasteiger partial charge is 0.465 e. The number of carbonyl (C=O) groups excluding carboxylic acids is 3. The van der Waals surface area contributed by atoms with Crippen molar-refractivity contribution < 1.29 is 33.8 Å². The van der Waals surface area contributed by atoms with Crippen LogP contribution in [0.4, 0.5) is 9.59 Å². The molecule has 0 spiro atoms. The maximum Gasteiger partial charge on any atom is 0.407 e. The van der Waals surface area contributed by atoms with Gasteiger partial charge in [-0.05, 0) is 54.7 Å². The number of carboxylic acid groups (broad SMARTS) is 1. The van der Waals surface area contributed by atoms with Crippen LogP contribution >= 0.6 is 11.6 Å². The number of amides is 4. The molecule has 0 saturated carbocycles. The molecule has 4 heterocycles. The number of aromatic nitrogens is 4. The Morgan fingerprint density at radius 1 is 0.845 bits per heavy atom. The van der Waals surface area contributed by atoms with E-state index < -0.39 is 30.3 Å². The maximum absolute atomic E-state index is 13.8. The Labute approximate surface area is 343 Å². The van der Waals surface area contributed by atoms with E-state index in [9.17, 15) is 24.3 Å². The number of rotatable bonds is 13. The van der Waals surface area contributed by atoms with Crippen LogP contribution in [0.2, 0.25) is 5.15 Å². The third-order valence-electron chi connectivity index (χ3n) is 11.2. The van der Waals surface area contributed by atoms with E-state index >= 15 is 0 Å². The van der Waals surface area contributed by atoms with E-state index in [1.54, 1.807) is 32.1 Å². The molecular weight excluding hydrogens is 764 g/mol. The van der Waals surface area contributed by atoms with Gasteiger partial charge in [-0.1, -0.05) is 87.8 Å². The number of alkyl carbamates (subject to hydrolysis) is 1. The van der Waals surface area contributed by atoms with E-state index in [1.807, 2.05) is 74.2 Å². The van der Waals surface area contributed by atoms with Crippen LogP contribution in [0.3, 0.4) is 0 Å². The number of nitrogens with zero attached hydrogens (tertiary/aromatic N) is 4. The molecule has 4 amide bonds. The van der Waals surface area contributed by atoms with E-state index in [1.165, 1.54) is 7.11 Å². The molecule has 15 nitrogen and oxygen atoms in total. The van der Waals surface area contributed by atoms with E-state index in [-0.39, 0.29) is 46.8 Å². The molecule has 1 unspecified atom stereocenters. The molecule has 2 aromatic carbocycles. The second kappa shape index (κ2) is 18.0. The molecule has 310 valence electrons. The van der Waals surface area contributed by atoms with Crippen LogP contribution in [-0.2, 0) is 19.1 Å². The van der Waals surface area contributed by atoms with Gasteiger partial charge in [0.05, 0.1) is 43.4 Å². The highest BCUT2D eigenvalue weighted by atomic mass is 35.5. The first kappa shape index (κ1) is 42.2. The smallest absolute Gasteiger partial charge is 0.407 e. The quantitative estimate of drug-likeness (QED) is 0.0940. The van der Waals surface area contributed by atoms with Crippen molar-refractivity contribution in [2.75, 3.05) is 27.4 Å². The number of halogens is 1. The normalized spacial score (nSPS) is 20.4. The van der Waals surface area contributed by atoms with Gasteiger partial charge in [0.25, 0.3) is 0 Å². The number of likely N-dealkylation sites (tertiary alicyclic amines) is 2. The summed E-state index contributed by atoms with van der Waals surface area (Å²) in [7, 11) is 2.90. The van der Waals surface area contributed by atoms with Gasteiger partial charge >= 0.3 is 12.2 Å². The zero-order chi connectivity index (χ0) is 41.8. The Bertz CT molecular complexity index is 2080. The second-order valence-corrected chi connectivity index (χ2v) is 16.3. The Morgan fingerprint density at radius 2 is 1.45 bits per heavy atom. The summed E-state index contributed by atoms with van der Waals surface area (Å²) in [6.07, 6.45) is 2.05. The first-order chi connectivity index (χ1) is 27.7. The average Bonchev–Trinajstić information content (AvgIpc) is 4.01. The Kier molecular flexibility index (Phi) is 13.1. The van der Waals surface area contributed by atoms with E-state index in [2.05, 4.69) is 25.6 Å². The van der Waals surface area contributed by atoms with E-state index in [4.69, 9.17) is 26.1 Å². The first-order valence-corrected chi connectivity index (χ1v) is 20.0. The highest BCUT2D eigenvalue weighted by Gasteiger charge is 2.43. The van der Waals surface area contributed by atoms with Crippen LogP contribution < -0.4 is 10.6 Å². The van der Waals surface area contributed by atoms with Crippen LogP contribution in [0.25, 0.3) is 33.6 Å².